The maximum atomic E-state index is 6.32. The van der Waals surface area contributed by atoms with E-state index in [1.807, 2.05) is 19.1 Å². The highest BCUT2D eigenvalue weighted by molar-refractivity contribution is 7.80. The largest absolute Gasteiger partial charge is 0.490 e. The van der Waals surface area contributed by atoms with Crippen LogP contribution < -0.4 is 14.8 Å². The van der Waals surface area contributed by atoms with Crippen molar-refractivity contribution >= 4 is 17.3 Å². The Labute approximate surface area is 125 Å². The average Bonchev–Trinajstić information content (AvgIpc) is 2.39. The van der Waals surface area contributed by atoms with Crippen molar-refractivity contribution in [3.63, 3.8) is 0 Å². The quantitative estimate of drug-likeness (QED) is 0.866. The fraction of sp³-hybridized carbons (Fsp3) is 0.533. The minimum absolute atomic E-state index is 0.194. The first kappa shape index (κ1) is 13.5. The van der Waals surface area contributed by atoms with Gasteiger partial charge in [-0.1, -0.05) is 12.1 Å². The Morgan fingerprint density at radius 2 is 2.30 bits per heavy atom. The Morgan fingerprint density at radius 1 is 1.50 bits per heavy atom. The van der Waals surface area contributed by atoms with Crippen LogP contribution >= 0.6 is 12.2 Å². The average molecular weight is 292 g/mol. The van der Waals surface area contributed by atoms with Gasteiger partial charge >= 0.3 is 0 Å². The second-order valence-corrected chi connectivity index (χ2v) is 5.72. The van der Waals surface area contributed by atoms with E-state index in [1.54, 1.807) is 0 Å². The van der Waals surface area contributed by atoms with Crippen LogP contribution in [0, 0.1) is 0 Å². The van der Waals surface area contributed by atoms with Crippen molar-refractivity contribution in [2.24, 2.45) is 0 Å². The molecule has 2 bridgehead atoms. The molecule has 0 amide bonds. The summed E-state index contributed by atoms with van der Waals surface area (Å²) in [6, 6.07) is 6.24. The number of rotatable bonds is 3. The molecule has 3 rings (SSSR count). The highest BCUT2D eigenvalue weighted by Gasteiger charge is 2.47. The summed E-state index contributed by atoms with van der Waals surface area (Å²) in [5, 5.41) is 4.18. The number of fused-ring (bicyclic) bond motifs is 4. The van der Waals surface area contributed by atoms with E-state index in [-0.39, 0.29) is 6.04 Å². The first-order chi connectivity index (χ1) is 9.59. The summed E-state index contributed by atoms with van der Waals surface area (Å²) < 4.78 is 12.0. The van der Waals surface area contributed by atoms with Crippen LogP contribution in [0.5, 0.6) is 11.5 Å². The molecule has 1 aromatic carbocycles. The molecule has 4 nitrogen and oxygen atoms in total. The van der Waals surface area contributed by atoms with Gasteiger partial charge in [-0.2, -0.15) is 0 Å². The predicted molar refractivity (Wildman–Crippen MR) is 82.1 cm³/mol. The van der Waals surface area contributed by atoms with Crippen molar-refractivity contribution < 1.29 is 9.47 Å². The van der Waals surface area contributed by atoms with Crippen LogP contribution in [0.2, 0.25) is 0 Å². The van der Waals surface area contributed by atoms with Gasteiger partial charge in [0.15, 0.2) is 22.3 Å². The number of nitrogens with one attached hydrogen (secondary N) is 1. The minimum atomic E-state index is -0.401. The highest BCUT2D eigenvalue weighted by Crippen LogP contribution is 2.47. The van der Waals surface area contributed by atoms with E-state index in [0.717, 1.165) is 35.1 Å². The molecule has 1 aromatic rings. The van der Waals surface area contributed by atoms with Crippen molar-refractivity contribution in [1.82, 2.24) is 10.2 Å². The van der Waals surface area contributed by atoms with Crippen molar-refractivity contribution in [2.45, 2.75) is 39.0 Å². The van der Waals surface area contributed by atoms with Crippen LogP contribution in [0.25, 0.3) is 0 Å². The van der Waals surface area contributed by atoms with Crippen molar-refractivity contribution in [3.8, 4) is 11.5 Å². The van der Waals surface area contributed by atoms with Crippen LogP contribution in [-0.4, -0.2) is 28.9 Å². The maximum absolute atomic E-state index is 6.32. The lowest BCUT2D eigenvalue weighted by molar-refractivity contribution is -0.0675. The maximum Gasteiger partial charge on any atom is 0.184 e. The topological polar surface area (TPSA) is 33.7 Å². The molecular formula is C15H20N2O2S. The van der Waals surface area contributed by atoms with Gasteiger partial charge in [0.25, 0.3) is 0 Å². The second-order valence-electron chi connectivity index (χ2n) is 5.34. The van der Waals surface area contributed by atoms with E-state index in [1.165, 1.54) is 0 Å². The van der Waals surface area contributed by atoms with Crippen molar-refractivity contribution in [1.29, 1.82) is 0 Å². The zero-order valence-corrected chi connectivity index (χ0v) is 12.9. The molecule has 2 unspecified atom stereocenters. The SMILES string of the molecule is CCOc1cccc2c1OC1(C)CC2NC(=S)N1CC. The Balaban J connectivity index is 2.07. The molecule has 0 saturated carbocycles. The lowest BCUT2D eigenvalue weighted by atomic mass is 9.90. The Kier molecular flexibility index (Phi) is 3.24. The lowest BCUT2D eigenvalue weighted by Crippen LogP contribution is -2.64. The smallest absolute Gasteiger partial charge is 0.184 e. The molecule has 1 saturated heterocycles. The first-order valence-electron chi connectivity index (χ1n) is 7.12. The Morgan fingerprint density at radius 3 is 3.00 bits per heavy atom. The zero-order chi connectivity index (χ0) is 14.3. The standard InChI is InChI=1S/C15H20N2O2S/c1-4-17-14(20)16-11-9-15(17,3)19-13-10(11)7-6-8-12(13)18-5-2/h6-8,11H,4-5,9H2,1-3H3,(H,16,20). The van der Waals surface area contributed by atoms with Crippen LogP contribution in [0.3, 0.4) is 0 Å². The number of hydrogen-bond acceptors (Lipinski definition) is 3. The monoisotopic (exact) mass is 292 g/mol. The summed E-state index contributed by atoms with van der Waals surface area (Å²) in [6.07, 6.45) is 0.879. The molecule has 2 aliphatic heterocycles. The number of hydrogen-bond donors (Lipinski definition) is 1. The molecule has 108 valence electrons. The molecule has 0 spiro atoms. The summed E-state index contributed by atoms with van der Waals surface area (Å²) in [6.45, 7) is 7.62. The van der Waals surface area contributed by atoms with E-state index in [4.69, 9.17) is 21.7 Å². The summed E-state index contributed by atoms with van der Waals surface area (Å²) in [5.74, 6) is 1.66. The summed E-state index contributed by atoms with van der Waals surface area (Å²) >= 11 is 5.47. The molecule has 1 N–H and O–H groups in total. The van der Waals surface area contributed by atoms with Crippen LogP contribution in [0.1, 0.15) is 38.8 Å². The van der Waals surface area contributed by atoms with Gasteiger partial charge in [-0.05, 0) is 39.1 Å². The van der Waals surface area contributed by atoms with Gasteiger partial charge < -0.3 is 19.7 Å². The molecule has 5 heteroatoms. The van der Waals surface area contributed by atoms with Gasteiger partial charge in [0.2, 0.25) is 0 Å². The molecule has 20 heavy (non-hydrogen) atoms. The van der Waals surface area contributed by atoms with Gasteiger partial charge in [0, 0.05) is 18.5 Å². The fourth-order valence-electron chi connectivity index (χ4n) is 3.15. The zero-order valence-electron chi connectivity index (χ0n) is 12.1. The fourth-order valence-corrected chi connectivity index (χ4v) is 3.61. The van der Waals surface area contributed by atoms with Crippen LogP contribution in [-0.2, 0) is 0 Å². The van der Waals surface area contributed by atoms with E-state index in [2.05, 4.69) is 30.1 Å². The Hall–Kier alpha value is -1.49. The third kappa shape index (κ3) is 1.92. The first-order valence-corrected chi connectivity index (χ1v) is 7.52. The number of para-hydroxylation sites is 1. The van der Waals surface area contributed by atoms with Crippen molar-refractivity contribution in [3.05, 3.63) is 23.8 Å². The van der Waals surface area contributed by atoms with Crippen molar-refractivity contribution in [2.75, 3.05) is 13.2 Å². The number of benzene rings is 1. The molecule has 0 aromatic heterocycles. The molecule has 2 atom stereocenters. The molecule has 2 heterocycles. The van der Waals surface area contributed by atoms with E-state index in [0.29, 0.717) is 6.61 Å². The van der Waals surface area contributed by atoms with Gasteiger partial charge in [0.05, 0.1) is 12.6 Å². The number of thiocarbonyl (C=S) groups is 1. The van der Waals surface area contributed by atoms with Gasteiger partial charge in [0.1, 0.15) is 0 Å². The normalized spacial score (nSPS) is 27.4. The number of nitrogens with zero attached hydrogens (tertiary/aromatic N) is 1. The summed E-state index contributed by atoms with van der Waals surface area (Å²) in [5.41, 5.74) is 0.730. The highest BCUT2D eigenvalue weighted by atomic mass is 32.1. The van der Waals surface area contributed by atoms with Gasteiger partial charge in [-0.15, -0.1) is 0 Å². The molecular weight excluding hydrogens is 272 g/mol. The van der Waals surface area contributed by atoms with E-state index < -0.39 is 5.72 Å². The summed E-state index contributed by atoms with van der Waals surface area (Å²) in [7, 11) is 0. The Bertz CT molecular complexity index is 549. The van der Waals surface area contributed by atoms with Gasteiger partial charge in [-0.3, -0.25) is 0 Å². The minimum Gasteiger partial charge on any atom is -0.490 e. The van der Waals surface area contributed by atoms with Crippen LogP contribution in [0.4, 0.5) is 0 Å². The molecule has 2 aliphatic rings. The molecule has 0 radical (unpaired) electrons. The third-order valence-corrected chi connectivity index (χ3v) is 4.36. The number of ether oxygens (including phenoxy) is 2. The van der Waals surface area contributed by atoms with E-state index in [9.17, 15) is 0 Å². The lowest BCUT2D eigenvalue weighted by Gasteiger charge is -2.52. The third-order valence-electron chi connectivity index (χ3n) is 4.02. The molecule has 0 aliphatic carbocycles. The van der Waals surface area contributed by atoms with Gasteiger partial charge in [-0.25, -0.2) is 0 Å². The van der Waals surface area contributed by atoms with Crippen LogP contribution in [0.15, 0.2) is 18.2 Å². The summed E-state index contributed by atoms with van der Waals surface area (Å²) in [4.78, 5) is 2.10. The predicted octanol–water partition coefficient (Wildman–Crippen LogP) is 2.84. The van der Waals surface area contributed by atoms with E-state index >= 15 is 0 Å². The molecule has 1 fully saturated rings. The second kappa shape index (κ2) is 4.81.